The van der Waals surface area contributed by atoms with Gasteiger partial charge in [0.25, 0.3) is 0 Å². The Kier molecular flexibility index (Phi) is 23.8. The van der Waals surface area contributed by atoms with Crippen LogP contribution in [0.3, 0.4) is 0 Å². The lowest BCUT2D eigenvalue weighted by Gasteiger charge is -2.21. The molecule has 0 aromatic carbocycles. The first-order valence-electron chi connectivity index (χ1n) is 11.7. The summed E-state index contributed by atoms with van der Waals surface area (Å²) in [7, 11) is 0. The Morgan fingerprint density at radius 1 is 0.704 bits per heavy atom. The van der Waals surface area contributed by atoms with Crippen LogP contribution in [0.4, 0.5) is 0 Å². The van der Waals surface area contributed by atoms with Crippen LogP contribution in [0, 0.1) is 0 Å². The highest BCUT2D eigenvalue weighted by Gasteiger charge is 2.15. The molecule has 0 aromatic rings. The van der Waals surface area contributed by atoms with Gasteiger partial charge < -0.3 is 21.7 Å². The van der Waals surface area contributed by atoms with Gasteiger partial charge >= 0.3 is 0 Å². The molecule has 0 spiro atoms. The van der Waals surface area contributed by atoms with Crippen LogP contribution in [-0.4, -0.2) is 35.0 Å². The molecule has 0 aromatic heterocycles. The second kappa shape index (κ2) is 22.1. The van der Waals surface area contributed by atoms with Crippen LogP contribution in [0.1, 0.15) is 124 Å². The molecule has 0 radical (unpaired) electrons. The van der Waals surface area contributed by atoms with Crippen LogP contribution >= 0.6 is 0 Å². The Morgan fingerprint density at radius 2 is 1.11 bits per heavy atom. The molecule has 0 saturated carbocycles. The highest BCUT2D eigenvalue weighted by atomic mass is 16.3. The summed E-state index contributed by atoms with van der Waals surface area (Å²) in [5, 5.41) is 17.6. The zero-order valence-electron chi connectivity index (χ0n) is 18.9. The van der Waals surface area contributed by atoms with Crippen molar-refractivity contribution in [1.82, 2.24) is 0 Å². The lowest BCUT2D eigenvalue weighted by molar-refractivity contribution is 0.197. The van der Waals surface area contributed by atoms with E-state index in [4.69, 9.17) is 21.7 Å². The summed E-state index contributed by atoms with van der Waals surface area (Å²) in [6.07, 6.45) is 20.3. The van der Waals surface area contributed by atoms with Gasteiger partial charge in [-0.05, 0) is 19.8 Å². The van der Waals surface area contributed by atoms with Crippen molar-refractivity contribution in [2.24, 2.45) is 11.5 Å². The van der Waals surface area contributed by atoms with E-state index in [-0.39, 0.29) is 24.8 Å². The Labute approximate surface area is 170 Å². The van der Waals surface area contributed by atoms with Crippen LogP contribution in [0.2, 0.25) is 0 Å². The van der Waals surface area contributed by atoms with Crippen molar-refractivity contribution in [3.05, 3.63) is 0 Å². The molecule has 0 bridgehead atoms. The van der Waals surface area contributed by atoms with Gasteiger partial charge in [-0.25, -0.2) is 0 Å². The quantitative estimate of drug-likeness (QED) is 0.240. The summed E-state index contributed by atoms with van der Waals surface area (Å²) in [4.78, 5) is 0. The molecule has 0 heterocycles. The van der Waals surface area contributed by atoms with E-state index < -0.39 is 0 Å². The first kappa shape index (κ1) is 29.0. The van der Waals surface area contributed by atoms with Crippen LogP contribution in [0.15, 0.2) is 0 Å². The largest absolute Gasteiger partial charge is 0.395 e. The Morgan fingerprint density at radius 3 is 1.52 bits per heavy atom. The lowest BCUT2D eigenvalue weighted by atomic mass is 9.96. The van der Waals surface area contributed by atoms with E-state index in [2.05, 4.69) is 13.8 Å². The van der Waals surface area contributed by atoms with E-state index in [1.54, 1.807) is 0 Å². The second-order valence-corrected chi connectivity index (χ2v) is 8.54. The van der Waals surface area contributed by atoms with Gasteiger partial charge in [-0.15, -0.1) is 0 Å². The van der Waals surface area contributed by atoms with Gasteiger partial charge in [-0.2, -0.15) is 0 Å². The zero-order valence-corrected chi connectivity index (χ0v) is 18.9. The van der Waals surface area contributed by atoms with E-state index in [0.717, 1.165) is 19.3 Å². The van der Waals surface area contributed by atoms with Gasteiger partial charge in [0.2, 0.25) is 0 Å². The fourth-order valence-electron chi connectivity index (χ4n) is 3.02. The highest BCUT2D eigenvalue weighted by Crippen LogP contribution is 2.14. The Hall–Kier alpha value is -0.160. The monoisotopic (exact) mass is 388 g/mol. The first-order chi connectivity index (χ1) is 12.9. The van der Waals surface area contributed by atoms with E-state index in [1.807, 2.05) is 6.92 Å². The molecule has 27 heavy (non-hydrogen) atoms. The highest BCUT2D eigenvalue weighted by molar-refractivity contribution is 4.76. The maximum absolute atomic E-state index is 8.97. The van der Waals surface area contributed by atoms with Gasteiger partial charge in [0.05, 0.1) is 13.2 Å². The maximum Gasteiger partial charge on any atom is 0.0608 e. The smallest absolute Gasteiger partial charge is 0.0608 e. The third kappa shape index (κ3) is 25.8. The molecule has 0 amide bonds. The van der Waals surface area contributed by atoms with Crippen molar-refractivity contribution in [2.45, 2.75) is 135 Å². The van der Waals surface area contributed by atoms with Crippen molar-refractivity contribution in [3.63, 3.8) is 0 Å². The minimum atomic E-state index is -0.359. The minimum absolute atomic E-state index is 0.0103. The lowest BCUT2D eigenvalue weighted by Crippen LogP contribution is -2.39. The first-order valence-corrected chi connectivity index (χ1v) is 11.7. The predicted octanol–water partition coefficient (Wildman–Crippen LogP) is 5.28. The molecular weight excluding hydrogens is 336 g/mol. The molecule has 0 fully saturated rings. The van der Waals surface area contributed by atoms with E-state index in [1.165, 1.54) is 83.5 Å². The Balaban J connectivity index is 0. The summed E-state index contributed by atoms with van der Waals surface area (Å²) in [5.41, 5.74) is 11.1. The second-order valence-electron chi connectivity index (χ2n) is 8.54. The molecule has 166 valence electrons. The van der Waals surface area contributed by atoms with Gasteiger partial charge in [-0.1, -0.05) is 104 Å². The molecule has 0 aliphatic heterocycles. The molecule has 0 rings (SSSR count). The van der Waals surface area contributed by atoms with Gasteiger partial charge in [0.1, 0.15) is 0 Å². The van der Waals surface area contributed by atoms with E-state index in [9.17, 15) is 0 Å². The zero-order chi connectivity index (χ0) is 20.8. The van der Waals surface area contributed by atoms with Crippen molar-refractivity contribution in [2.75, 3.05) is 13.2 Å². The van der Waals surface area contributed by atoms with Crippen LogP contribution < -0.4 is 11.5 Å². The summed E-state index contributed by atoms with van der Waals surface area (Å²) in [6, 6.07) is 0.0103. The van der Waals surface area contributed by atoms with Crippen molar-refractivity contribution < 1.29 is 10.2 Å². The van der Waals surface area contributed by atoms with Crippen molar-refractivity contribution in [1.29, 1.82) is 0 Å². The number of unbranched alkanes of at least 4 members (excludes halogenated alkanes) is 12. The molecule has 4 nitrogen and oxygen atoms in total. The Bertz CT molecular complexity index is 273. The van der Waals surface area contributed by atoms with Crippen LogP contribution in [0.25, 0.3) is 0 Å². The van der Waals surface area contributed by atoms with Crippen molar-refractivity contribution >= 4 is 0 Å². The van der Waals surface area contributed by atoms with Crippen LogP contribution in [-0.2, 0) is 0 Å². The number of hydrogen-bond acceptors (Lipinski definition) is 4. The van der Waals surface area contributed by atoms with Gasteiger partial charge in [0, 0.05) is 11.6 Å². The minimum Gasteiger partial charge on any atom is -0.395 e. The third-order valence-electron chi connectivity index (χ3n) is 5.13. The normalized spacial score (nSPS) is 14.3. The average Bonchev–Trinajstić information content (AvgIpc) is 2.67. The molecule has 6 N–H and O–H groups in total. The molecule has 0 aliphatic carbocycles. The third-order valence-corrected chi connectivity index (χ3v) is 5.13. The van der Waals surface area contributed by atoms with Crippen LogP contribution in [0.5, 0.6) is 0 Å². The molecule has 0 saturated heterocycles. The maximum atomic E-state index is 8.97. The molecule has 2 unspecified atom stereocenters. The fourth-order valence-corrected chi connectivity index (χ4v) is 3.02. The average molecular weight is 389 g/mol. The summed E-state index contributed by atoms with van der Waals surface area (Å²) in [6.45, 7) is 6.63. The summed E-state index contributed by atoms with van der Waals surface area (Å²) < 4.78 is 0. The van der Waals surface area contributed by atoms with Crippen molar-refractivity contribution in [3.8, 4) is 0 Å². The summed E-state index contributed by atoms with van der Waals surface area (Å²) >= 11 is 0. The van der Waals surface area contributed by atoms with Gasteiger partial charge in [0.15, 0.2) is 0 Å². The molecule has 0 aliphatic rings. The number of nitrogens with two attached hydrogens (primary N) is 2. The topological polar surface area (TPSA) is 92.5 Å². The number of aliphatic hydroxyl groups is 2. The number of aliphatic hydroxyl groups excluding tert-OH is 2. The standard InChI is InChI=1S/C13H29NO.C10H23NO/c1-3-4-5-6-7-8-9-10-11-13(2,14)12-15;1-2-3-4-5-6-7-8-10(11)9-12/h15H,3-12,14H2,1-2H3;10,12H,2-9,11H2,1H3. The summed E-state index contributed by atoms with van der Waals surface area (Å²) in [5.74, 6) is 0. The SMILES string of the molecule is CCCCCCCCC(N)CO.CCCCCCCCCCC(C)(N)CO. The van der Waals surface area contributed by atoms with E-state index in [0.29, 0.717) is 0 Å². The van der Waals surface area contributed by atoms with Gasteiger partial charge in [-0.3, -0.25) is 0 Å². The predicted molar refractivity (Wildman–Crippen MR) is 120 cm³/mol. The number of hydrogen-bond donors (Lipinski definition) is 4. The van der Waals surface area contributed by atoms with E-state index >= 15 is 0 Å². The molecule has 4 heteroatoms. The molecular formula is C23H52N2O2. The number of rotatable bonds is 18. The molecule has 2 atom stereocenters. The fraction of sp³-hybridized carbons (Fsp3) is 1.00.